The topological polar surface area (TPSA) is 24.1 Å². The Hall–Kier alpha value is -0.920. The highest BCUT2D eigenvalue weighted by Crippen LogP contribution is 2.20. The van der Waals surface area contributed by atoms with Crippen molar-refractivity contribution in [3.05, 3.63) is 56.9 Å². The molecule has 98 valence electrons. The van der Waals surface area contributed by atoms with Crippen molar-refractivity contribution < 1.29 is 4.39 Å². The summed E-state index contributed by atoms with van der Waals surface area (Å²) in [7, 11) is 0. The average molecular weight is 407 g/mol. The van der Waals surface area contributed by atoms with Crippen LogP contribution in [0.2, 0.25) is 5.02 Å². The molecule has 0 spiro atoms. The van der Waals surface area contributed by atoms with Crippen LogP contribution in [-0.2, 0) is 0 Å². The van der Waals surface area contributed by atoms with Gasteiger partial charge in [-0.2, -0.15) is 0 Å². The van der Waals surface area contributed by atoms with Crippen LogP contribution < -0.4 is 10.6 Å². The molecule has 0 atom stereocenters. The van der Waals surface area contributed by atoms with E-state index in [9.17, 15) is 4.39 Å². The van der Waals surface area contributed by atoms with Gasteiger partial charge in [0, 0.05) is 14.9 Å². The fourth-order valence-electron chi connectivity index (χ4n) is 1.43. The lowest BCUT2D eigenvalue weighted by Gasteiger charge is -2.11. The highest BCUT2D eigenvalue weighted by molar-refractivity contribution is 14.1. The van der Waals surface area contributed by atoms with Gasteiger partial charge >= 0.3 is 0 Å². The minimum atomic E-state index is -0.455. The smallest absolute Gasteiger partial charge is 0.175 e. The second-order valence-corrected chi connectivity index (χ2v) is 5.78. The van der Waals surface area contributed by atoms with Gasteiger partial charge in [-0.3, -0.25) is 0 Å². The molecule has 0 fully saturated rings. The van der Waals surface area contributed by atoms with Gasteiger partial charge in [0.2, 0.25) is 0 Å². The maximum atomic E-state index is 13.0. The zero-order chi connectivity index (χ0) is 13.8. The lowest BCUT2D eigenvalue weighted by molar-refractivity contribution is 0.628. The lowest BCUT2D eigenvalue weighted by Crippen LogP contribution is -2.19. The molecule has 0 bridgehead atoms. The number of nitrogens with one attached hydrogen (secondary N) is 2. The molecule has 0 aliphatic carbocycles. The highest BCUT2D eigenvalue weighted by Gasteiger charge is 2.03. The molecule has 0 aliphatic heterocycles. The Morgan fingerprint density at radius 3 is 2.42 bits per heavy atom. The number of hydrogen-bond donors (Lipinski definition) is 2. The quantitative estimate of drug-likeness (QED) is 0.548. The Morgan fingerprint density at radius 2 is 1.79 bits per heavy atom. The molecule has 0 aliphatic rings. The van der Waals surface area contributed by atoms with Crippen molar-refractivity contribution in [3.8, 4) is 0 Å². The van der Waals surface area contributed by atoms with Crippen LogP contribution in [0.25, 0.3) is 0 Å². The molecule has 0 aromatic heterocycles. The van der Waals surface area contributed by atoms with Gasteiger partial charge in [-0.05, 0) is 71.2 Å². The molecular formula is C13H9ClFIN2S. The highest BCUT2D eigenvalue weighted by atomic mass is 127. The minimum Gasteiger partial charge on any atom is -0.332 e. The van der Waals surface area contributed by atoms with Crippen molar-refractivity contribution in [2.75, 3.05) is 10.6 Å². The fraction of sp³-hybridized carbons (Fsp3) is 0. The molecule has 2 aromatic rings. The van der Waals surface area contributed by atoms with Crippen molar-refractivity contribution >= 4 is 62.9 Å². The first-order valence-corrected chi connectivity index (χ1v) is 7.20. The van der Waals surface area contributed by atoms with Crippen LogP contribution in [0.4, 0.5) is 15.8 Å². The van der Waals surface area contributed by atoms with Gasteiger partial charge in [-0.15, -0.1) is 0 Å². The first-order valence-electron chi connectivity index (χ1n) is 5.33. The molecule has 2 aromatic carbocycles. The van der Waals surface area contributed by atoms with Crippen LogP contribution >= 0.6 is 46.4 Å². The summed E-state index contributed by atoms with van der Waals surface area (Å²) < 4.78 is 14.1. The number of thiocarbonyl (C=S) groups is 1. The molecule has 2 nitrogen and oxygen atoms in total. The van der Waals surface area contributed by atoms with Gasteiger partial charge in [0.1, 0.15) is 5.82 Å². The third-order valence-corrected chi connectivity index (χ3v) is 3.42. The number of benzene rings is 2. The summed E-state index contributed by atoms with van der Waals surface area (Å²) in [6.45, 7) is 0. The van der Waals surface area contributed by atoms with Crippen molar-refractivity contribution in [1.82, 2.24) is 0 Å². The van der Waals surface area contributed by atoms with Crippen molar-refractivity contribution in [2.24, 2.45) is 0 Å². The number of rotatable bonds is 2. The van der Waals surface area contributed by atoms with E-state index in [-0.39, 0.29) is 5.02 Å². The predicted molar refractivity (Wildman–Crippen MR) is 90.4 cm³/mol. The number of hydrogen-bond acceptors (Lipinski definition) is 1. The van der Waals surface area contributed by atoms with Crippen LogP contribution in [-0.4, -0.2) is 5.11 Å². The molecular weight excluding hydrogens is 398 g/mol. The molecule has 0 saturated heterocycles. The van der Waals surface area contributed by atoms with Crippen LogP contribution in [0, 0.1) is 9.39 Å². The van der Waals surface area contributed by atoms with E-state index in [1.807, 2.05) is 24.3 Å². The summed E-state index contributed by atoms with van der Waals surface area (Å²) >= 11 is 13.1. The summed E-state index contributed by atoms with van der Waals surface area (Å²) in [4.78, 5) is 0. The van der Waals surface area contributed by atoms with Crippen LogP contribution in [0.1, 0.15) is 0 Å². The monoisotopic (exact) mass is 406 g/mol. The van der Waals surface area contributed by atoms with E-state index < -0.39 is 5.82 Å². The van der Waals surface area contributed by atoms with E-state index >= 15 is 0 Å². The third-order valence-electron chi connectivity index (χ3n) is 2.26. The molecule has 2 N–H and O–H groups in total. The van der Waals surface area contributed by atoms with Crippen LogP contribution in [0.3, 0.4) is 0 Å². The minimum absolute atomic E-state index is 0.0575. The normalized spacial score (nSPS) is 10.1. The Morgan fingerprint density at radius 1 is 1.11 bits per heavy atom. The van der Waals surface area contributed by atoms with E-state index in [2.05, 4.69) is 33.2 Å². The third kappa shape index (κ3) is 4.29. The lowest BCUT2D eigenvalue weighted by atomic mass is 10.3. The van der Waals surface area contributed by atoms with E-state index in [0.717, 1.165) is 9.26 Å². The van der Waals surface area contributed by atoms with Gasteiger partial charge in [0.05, 0.1) is 5.02 Å². The molecule has 0 saturated carbocycles. The maximum Gasteiger partial charge on any atom is 0.175 e. The standard InChI is InChI=1S/C13H9ClFIN2S/c14-11-7-10(4-5-12(11)15)18-13(19)17-9-3-1-2-8(16)6-9/h1-7H,(H2,17,18,19). The van der Waals surface area contributed by atoms with Gasteiger partial charge < -0.3 is 10.6 Å². The Balaban J connectivity index is 2.03. The van der Waals surface area contributed by atoms with E-state index in [0.29, 0.717) is 10.8 Å². The summed E-state index contributed by atoms with van der Waals surface area (Å²) in [5.74, 6) is -0.455. The summed E-state index contributed by atoms with van der Waals surface area (Å²) in [5.41, 5.74) is 1.52. The second kappa shape index (κ2) is 6.49. The van der Waals surface area contributed by atoms with Gasteiger partial charge in [-0.25, -0.2) is 4.39 Å². The Bertz CT molecular complexity index is 621. The van der Waals surface area contributed by atoms with Gasteiger partial charge in [0.25, 0.3) is 0 Å². The van der Waals surface area contributed by atoms with Crippen LogP contribution in [0.15, 0.2) is 42.5 Å². The predicted octanol–water partition coefficient (Wildman–Crippen LogP) is 4.89. The Kier molecular flexibility index (Phi) is 4.95. The van der Waals surface area contributed by atoms with E-state index in [1.165, 1.54) is 12.1 Å². The van der Waals surface area contributed by atoms with Crippen molar-refractivity contribution in [1.29, 1.82) is 0 Å². The fourth-order valence-corrected chi connectivity index (χ4v) is 2.39. The Labute approximate surface area is 134 Å². The number of anilines is 2. The second-order valence-electron chi connectivity index (χ2n) is 3.72. The first kappa shape index (κ1) is 14.5. The molecule has 6 heteroatoms. The summed E-state index contributed by atoms with van der Waals surface area (Å²) in [6, 6.07) is 12.1. The number of halogens is 3. The molecule has 0 amide bonds. The largest absolute Gasteiger partial charge is 0.332 e. The van der Waals surface area contributed by atoms with Crippen molar-refractivity contribution in [3.63, 3.8) is 0 Å². The zero-order valence-corrected chi connectivity index (χ0v) is 13.3. The zero-order valence-electron chi connectivity index (χ0n) is 9.58. The molecule has 19 heavy (non-hydrogen) atoms. The average Bonchev–Trinajstić information content (AvgIpc) is 2.34. The molecule has 0 unspecified atom stereocenters. The molecule has 0 heterocycles. The van der Waals surface area contributed by atoms with E-state index in [4.69, 9.17) is 23.8 Å². The van der Waals surface area contributed by atoms with E-state index in [1.54, 1.807) is 6.07 Å². The van der Waals surface area contributed by atoms with Gasteiger partial charge in [-0.1, -0.05) is 17.7 Å². The van der Waals surface area contributed by atoms with Crippen LogP contribution in [0.5, 0.6) is 0 Å². The summed E-state index contributed by atoms with van der Waals surface area (Å²) in [5, 5.41) is 6.47. The van der Waals surface area contributed by atoms with Gasteiger partial charge in [0.15, 0.2) is 5.11 Å². The molecule has 2 rings (SSSR count). The summed E-state index contributed by atoms with van der Waals surface area (Å²) in [6.07, 6.45) is 0. The van der Waals surface area contributed by atoms with Crippen molar-refractivity contribution in [2.45, 2.75) is 0 Å². The maximum absolute atomic E-state index is 13.0. The first-order chi connectivity index (χ1) is 9.04. The molecule has 0 radical (unpaired) electrons. The SMILES string of the molecule is Fc1ccc(NC(=S)Nc2cccc(I)c2)cc1Cl.